The van der Waals surface area contributed by atoms with Gasteiger partial charge in [-0.25, -0.2) is 0 Å². The van der Waals surface area contributed by atoms with Crippen LogP contribution < -0.4 is 10.2 Å². The van der Waals surface area contributed by atoms with Gasteiger partial charge in [0.05, 0.1) is 6.61 Å². The standard InChI is InChI=1S/C16H20N2O3/c1-11(19)18-6-4-13-8-14(2-3-15(13)18)16(20)17-9-12-5-7-21-10-12/h2-3,8,12H,4-7,9-10H2,1H3,(H,17,20). The smallest absolute Gasteiger partial charge is 0.251 e. The molecule has 0 spiro atoms. The molecule has 1 aromatic rings. The number of benzene rings is 1. The maximum atomic E-state index is 12.2. The minimum Gasteiger partial charge on any atom is -0.381 e. The molecule has 1 saturated heterocycles. The molecule has 2 aliphatic rings. The quantitative estimate of drug-likeness (QED) is 0.913. The number of nitrogens with zero attached hydrogens (tertiary/aromatic N) is 1. The fourth-order valence-electron chi connectivity index (χ4n) is 2.95. The summed E-state index contributed by atoms with van der Waals surface area (Å²) in [6.07, 6.45) is 1.82. The van der Waals surface area contributed by atoms with E-state index in [1.807, 2.05) is 12.1 Å². The van der Waals surface area contributed by atoms with Crippen molar-refractivity contribution in [3.63, 3.8) is 0 Å². The van der Waals surface area contributed by atoms with Crippen LogP contribution in [0.4, 0.5) is 5.69 Å². The number of ether oxygens (including phenoxy) is 1. The number of carbonyl (C=O) groups is 2. The molecule has 2 amide bonds. The Kier molecular flexibility index (Phi) is 3.92. The second-order valence-electron chi connectivity index (χ2n) is 5.70. The van der Waals surface area contributed by atoms with Crippen molar-refractivity contribution < 1.29 is 14.3 Å². The number of fused-ring (bicyclic) bond motifs is 1. The van der Waals surface area contributed by atoms with E-state index in [-0.39, 0.29) is 11.8 Å². The topological polar surface area (TPSA) is 58.6 Å². The summed E-state index contributed by atoms with van der Waals surface area (Å²) in [5.41, 5.74) is 2.67. The fraction of sp³-hybridized carbons (Fsp3) is 0.500. The van der Waals surface area contributed by atoms with Crippen LogP contribution in [0.2, 0.25) is 0 Å². The minimum atomic E-state index is -0.0500. The monoisotopic (exact) mass is 288 g/mol. The van der Waals surface area contributed by atoms with E-state index in [4.69, 9.17) is 4.74 Å². The number of rotatable bonds is 3. The van der Waals surface area contributed by atoms with Crippen LogP contribution in [0.15, 0.2) is 18.2 Å². The molecule has 0 aliphatic carbocycles. The second-order valence-corrected chi connectivity index (χ2v) is 5.70. The molecule has 2 aliphatic heterocycles. The molecule has 1 fully saturated rings. The molecule has 1 atom stereocenters. The van der Waals surface area contributed by atoms with Crippen molar-refractivity contribution in [3.8, 4) is 0 Å². The lowest BCUT2D eigenvalue weighted by Gasteiger charge is -2.15. The molecule has 1 N–H and O–H groups in total. The van der Waals surface area contributed by atoms with Gasteiger partial charge in [0.2, 0.25) is 5.91 Å². The van der Waals surface area contributed by atoms with E-state index in [0.29, 0.717) is 24.6 Å². The van der Waals surface area contributed by atoms with Gasteiger partial charge in [-0.15, -0.1) is 0 Å². The molecule has 0 radical (unpaired) electrons. The average molecular weight is 288 g/mol. The van der Waals surface area contributed by atoms with Gasteiger partial charge in [0.15, 0.2) is 0 Å². The lowest BCUT2D eigenvalue weighted by atomic mass is 10.1. The summed E-state index contributed by atoms with van der Waals surface area (Å²) in [4.78, 5) is 25.5. The van der Waals surface area contributed by atoms with Crippen molar-refractivity contribution in [2.45, 2.75) is 19.8 Å². The van der Waals surface area contributed by atoms with E-state index in [9.17, 15) is 9.59 Å². The SMILES string of the molecule is CC(=O)N1CCc2cc(C(=O)NCC3CCOC3)ccc21. The Bertz CT molecular complexity index is 565. The molecular weight excluding hydrogens is 268 g/mol. The molecule has 112 valence electrons. The summed E-state index contributed by atoms with van der Waals surface area (Å²) in [7, 11) is 0. The molecule has 2 heterocycles. The number of hydrogen-bond acceptors (Lipinski definition) is 3. The summed E-state index contributed by atoms with van der Waals surface area (Å²) in [5, 5.41) is 2.97. The number of nitrogens with one attached hydrogen (secondary N) is 1. The van der Waals surface area contributed by atoms with Crippen LogP contribution in [0.3, 0.4) is 0 Å². The maximum Gasteiger partial charge on any atom is 0.251 e. The first kappa shape index (κ1) is 14.1. The summed E-state index contributed by atoms with van der Waals surface area (Å²) in [6.45, 7) is 4.46. The first-order chi connectivity index (χ1) is 10.1. The van der Waals surface area contributed by atoms with Crippen LogP contribution in [0, 0.1) is 5.92 Å². The highest BCUT2D eigenvalue weighted by atomic mass is 16.5. The highest BCUT2D eigenvalue weighted by molar-refractivity contribution is 5.97. The van der Waals surface area contributed by atoms with Gasteiger partial charge in [-0.1, -0.05) is 0 Å². The fourth-order valence-corrected chi connectivity index (χ4v) is 2.95. The summed E-state index contributed by atoms with van der Waals surface area (Å²) < 4.78 is 5.30. The Morgan fingerprint density at radius 1 is 1.43 bits per heavy atom. The second kappa shape index (κ2) is 5.85. The van der Waals surface area contributed by atoms with Gasteiger partial charge >= 0.3 is 0 Å². The summed E-state index contributed by atoms with van der Waals surface area (Å²) in [6, 6.07) is 5.57. The van der Waals surface area contributed by atoms with E-state index in [1.54, 1.807) is 17.9 Å². The van der Waals surface area contributed by atoms with Crippen LogP contribution in [-0.2, 0) is 16.0 Å². The molecule has 21 heavy (non-hydrogen) atoms. The Balaban J connectivity index is 1.66. The zero-order chi connectivity index (χ0) is 14.8. The minimum absolute atomic E-state index is 0.0483. The number of anilines is 1. The highest BCUT2D eigenvalue weighted by Gasteiger charge is 2.23. The van der Waals surface area contributed by atoms with Crippen molar-refractivity contribution in [1.82, 2.24) is 5.32 Å². The number of amides is 2. The molecule has 1 aromatic carbocycles. The molecule has 1 unspecified atom stereocenters. The van der Waals surface area contributed by atoms with E-state index >= 15 is 0 Å². The van der Waals surface area contributed by atoms with Crippen molar-refractivity contribution >= 4 is 17.5 Å². The van der Waals surface area contributed by atoms with E-state index in [2.05, 4.69) is 5.32 Å². The van der Waals surface area contributed by atoms with Crippen LogP contribution in [0.1, 0.15) is 29.3 Å². The van der Waals surface area contributed by atoms with Gasteiger partial charge in [-0.2, -0.15) is 0 Å². The zero-order valence-corrected chi connectivity index (χ0v) is 12.2. The lowest BCUT2D eigenvalue weighted by Crippen LogP contribution is -2.29. The maximum absolute atomic E-state index is 12.2. The molecule has 5 heteroatoms. The van der Waals surface area contributed by atoms with Gasteiger partial charge in [-0.05, 0) is 36.6 Å². The van der Waals surface area contributed by atoms with Gasteiger partial charge in [0.25, 0.3) is 5.91 Å². The van der Waals surface area contributed by atoms with E-state index in [0.717, 1.165) is 37.3 Å². The first-order valence-corrected chi connectivity index (χ1v) is 7.42. The summed E-state index contributed by atoms with van der Waals surface area (Å²) >= 11 is 0. The van der Waals surface area contributed by atoms with Gasteiger partial charge in [0.1, 0.15) is 0 Å². The van der Waals surface area contributed by atoms with Crippen molar-refractivity contribution in [3.05, 3.63) is 29.3 Å². The highest BCUT2D eigenvalue weighted by Crippen LogP contribution is 2.28. The van der Waals surface area contributed by atoms with Gasteiger partial charge in [-0.3, -0.25) is 9.59 Å². The lowest BCUT2D eigenvalue weighted by molar-refractivity contribution is -0.116. The van der Waals surface area contributed by atoms with E-state index < -0.39 is 0 Å². The van der Waals surface area contributed by atoms with Crippen molar-refractivity contribution in [2.75, 3.05) is 31.2 Å². The third-order valence-electron chi connectivity index (χ3n) is 4.19. The van der Waals surface area contributed by atoms with Gasteiger partial charge in [0, 0.05) is 43.8 Å². The van der Waals surface area contributed by atoms with Crippen LogP contribution in [0.5, 0.6) is 0 Å². The first-order valence-electron chi connectivity index (χ1n) is 7.42. The Morgan fingerprint density at radius 3 is 3.00 bits per heavy atom. The average Bonchev–Trinajstić information content (AvgIpc) is 3.13. The van der Waals surface area contributed by atoms with Crippen LogP contribution >= 0.6 is 0 Å². The van der Waals surface area contributed by atoms with E-state index in [1.165, 1.54) is 0 Å². The number of carbonyl (C=O) groups excluding carboxylic acids is 2. The van der Waals surface area contributed by atoms with Crippen LogP contribution in [0.25, 0.3) is 0 Å². The Labute approximate surface area is 124 Å². The van der Waals surface area contributed by atoms with Crippen molar-refractivity contribution in [1.29, 1.82) is 0 Å². The predicted octanol–water partition coefficient (Wildman–Crippen LogP) is 1.36. The molecule has 0 aromatic heterocycles. The molecule has 0 saturated carbocycles. The molecule has 5 nitrogen and oxygen atoms in total. The largest absolute Gasteiger partial charge is 0.381 e. The zero-order valence-electron chi connectivity index (χ0n) is 12.2. The van der Waals surface area contributed by atoms with Crippen LogP contribution in [-0.4, -0.2) is 38.1 Å². The van der Waals surface area contributed by atoms with Gasteiger partial charge < -0.3 is 15.0 Å². The Hall–Kier alpha value is -1.88. The molecular formula is C16H20N2O3. The Morgan fingerprint density at radius 2 is 2.29 bits per heavy atom. The molecule has 3 rings (SSSR count). The third-order valence-corrected chi connectivity index (χ3v) is 4.19. The normalized spacial score (nSPS) is 20.4. The predicted molar refractivity (Wildman–Crippen MR) is 79.4 cm³/mol. The third kappa shape index (κ3) is 2.93. The number of hydrogen-bond donors (Lipinski definition) is 1. The molecule has 0 bridgehead atoms. The van der Waals surface area contributed by atoms with Crippen molar-refractivity contribution in [2.24, 2.45) is 5.92 Å². The summed E-state index contributed by atoms with van der Waals surface area (Å²) in [5.74, 6) is 0.426.